The molecule has 0 aliphatic heterocycles. The standard InChI is InChI=1S/C28H29NO5/c30-20-23-17-24(19-25(18-23)28(32)33)27(31)29-15-14-22-10-12-26(13-11-22)34-16-6-2-5-9-21-7-3-1-4-8-21/h1,3-4,7-8,10-13,17-20H,2,5-6,9,14-16H2,(H,29,31)(H,32,33). The number of amides is 1. The fraction of sp³-hybridized carbons (Fsp3) is 0.250. The second-order valence-corrected chi connectivity index (χ2v) is 8.06. The van der Waals surface area contributed by atoms with Gasteiger partial charge in [-0.1, -0.05) is 42.5 Å². The smallest absolute Gasteiger partial charge is 0.335 e. The summed E-state index contributed by atoms with van der Waals surface area (Å²) in [4.78, 5) is 34.6. The van der Waals surface area contributed by atoms with Crippen molar-refractivity contribution in [1.82, 2.24) is 5.32 Å². The Hall–Kier alpha value is -3.93. The summed E-state index contributed by atoms with van der Waals surface area (Å²) in [6.07, 6.45) is 5.51. The van der Waals surface area contributed by atoms with Gasteiger partial charge in [0.2, 0.25) is 0 Å². The number of unbranched alkanes of at least 4 members (excludes halogenated alkanes) is 2. The Kier molecular flexibility index (Phi) is 9.40. The Morgan fingerprint density at radius 3 is 2.24 bits per heavy atom. The summed E-state index contributed by atoms with van der Waals surface area (Å²) in [7, 11) is 0. The molecule has 176 valence electrons. The molecule has 0 atom stereocenters. The zero-order chi connectivity index (χ0) is 24.2. The molecule has 34 heavy (non-hydrogen) atoms. The molecular weight excluding hydrogens is 430 g/mol. The van der Waals surface area contributed by atoms with Gasteiger partial charge in [0.15, 0.2) is 0 Å². The highest BCUT2D eigenvalue weighted by molar-refractivity contribution is 5.99. The maximum Gasteiger partial charge on any atom is 0.335 e. The molecule has 3 aromatic carbocycles. The number of ether oxygens (including phenoxy) is 1. The van der Waals surface area contributed by atoms with Crippen molar-refractivity contribution in [2.75, 3.05) is 13.2 Å². The average molecular weight is 460 g/mol. The number of carboxylic acids is 1. The minimum absolute atomic E-state index is 0.0958. The summed E-state index contributed by atoms with van der Waals surface area (Å²) in [6.45, 7) is 1.07. The van der Waals surface area contributed by atoms with Crippen LogP contribution in [-0.2, 0) is 12.8 Å². The van der Waals surface area contributed by atoms with Crippen molar-refractivity contribution in [3.63, 3.8) is 0 Å². The molecule has 0 unspecified atom stereocenters. The third-order valence-electron chi connectivity index (χ3n) is 5.44. The molecule has 3 aromatic rings. The van der Waals surface area contributed by atoms with Gasteiger partial charge in [0, 0.05) is 17.7 Å². The van der Waals surface area contributed by atoms with E-state index >= 15 is 0 Å². The highest BCUT2D eigenvalue weighted by Gasteiger charge is 2.12. The molecule has 0 fully saturated rings. The maximum absolute atomic E-state index is 12.4. The van der Waals surface area contributed by atoms with Crippen molar-refractivity contribution in [2.45, 2.75) is 32.1 Å². The summed E-state index contributed by atoms with van der Waals surface area (Å²) in [6, 6.07) is 22.1. The van der Waals surface area contributed by atoms with E-state index in [1.807, 2.05) is 30.3 Å². The number of hydrogen-bond donors (Lipinski definition) is 2. The monoisotopic (exact) mass is 459 g/mol. The highest BCUT2D eigenvalue weighted by Crippen LogP contribution is 2.14. The van der Waals surface area contributed by atoms with Gasteiger partial charge in [0.1, 0.15) is 12.0 Å². The molecular formula is C28H29NO5. The number of nitrogens with one attached hydrogen (secondary N) is 1. The fourth-order valence-electron chi connectivity index (χ4n) is 3.59. The van der Waals surface area contributed by atoms with Gasteiger partial charge < -0.3 is 15.2 Å². The van der Waals surface area contributed by atoms with E-state index in [1.54, 1.807) is 0 Å². The molecule has 6 heteroatoms. The van der Waals surface area contributed by atoms with Crippen molar-refractivity contribution in [1.29, 1.82) is 0 Å². The van der Waals surface area contributed by atoms with Crippen LogP contribution in [0.3, 0.4) is 0 Å². The summed E-state index contributed by atoms with van der Waals surface area (Å²) in [5.74, 6) is -0.784. The number of carboxylic acid groups (broad SMARTS) is 1. The lowest BCUT2D eigenvalue weighted by Gasteiger charge is -2.09. The molecule has 0 saturated carbocycles. The van der Waals surface area contributed by atoms with E-state index in [0.717, 1.165) is 37.0 Å². The van der Waals surface area contributed by atoms with Crippen LogP contribution in [0.1, 0.15) is 61.5 Å². The number of hydrogen-bond acceptors (Lipinski definition) is 4. The van der Waals surface area contributed by atoms with Gasteiger partial charge >= 0.3 is 5.97 Å². The van der Waals surface area contributed by atoms with E-state index in [0.29, 0.717) is 25.9 Å². The zero-order valence-corrected chi connectivity index (χ0v) is 19.0. The number of benzene rings is 3. The van der Waals surface area contributed by atoms with Crippen molar-refractivity contribution >= 4 is 18.2 Å². The Bertz CT molecular complexity index is 1090. The molecule has 1 amide bonds. The van der Waals surface area contributed by atoms with E-state index in [9.17, 15) is 14.4 Å². The van der Waals surface area contributed by atoms with E-state index in [-0.39, 0.29) is 16.7 Å². The number of aryl methyl sites for hydroxylation is 1. The Morgan fingerprint density at radius 2 is 1.53 bits per heavy atom. The van der Waals surface area contributed by atoms with Crippen molar-refractivity contribution in [2.24, 2.45) is 0 Å². The Morgan fingerprint density at radius 1 is 0.824 bits per heavy atom. The van der Waals surface area contributed by atoms with Gasteiger partial charge in [0.05, 0.1) is 12.2 Å². The van der Waals surface area contributed by atoms with Crippen LogP contribution >= 0.6 is 0 Å². The molecule has 0 heterocycles. The molecule has 0 aliphatic carbocycles. The largest absolute Gasteiger partial charge is 0.494 e. The molecule has 0 aliphatic rings. The van der Waals surface area contributed by atoms with Crippen LogP contribution < -0.4 is 10.1 Å². The number of aldehydes is 1. The molecule has 3 rings (SSSR count). The molecule has 6 nitrogen and oxygen atoms in total. The minimum Gasteiger partial charge on any atom is -0.494 e. The third kappa shape index (κ3) is 7.89. The van der Waals surface area contributed by atoms with Gasteiger partial charge in [-0.15, -0.1) is 0 Å². The first-order chi connectivity index (χ1) is 16.5. The van der Waals surface area contributed by atoms with Gasteiger partial charge in [-0.25, -0.2) is 4.79 Å². The molecule has 2 N–H and O–H groups in total. The SMILES string of the molecule is O=Cc1cc(C(=O)O)cc(C(=O)NCCc2ccc(OCCCCCc3ccccc3)cc2)c1. The molecule has 0 saturated heterocycles. The lowest BCUT2D eigenvalue weighted by Crippen LogP contribution is -2.26. The van der Waals surface area contributed by atoms with E-state index in [4.69, 9.17) is 9.84 Å². The molecule has 0 aromatic heterocycles. The van der Waals surface area contributed by atoms with Gasteiger partial charge in [-0.3, -0.25) is 9.59 Å². The van der Waals surface area contributed by atoms with E-state index < -0.39 is 11.9 Å². The summed E-state index contributed by atoms with van der Waals surface area (Å²) in [5.41, 5.74) is 2.62. The van der Waals surface area contributed by atoms with Crippen LogP contribution in [-0.4, -0.2) is 36.4 Å². The maximum atomic E-state index is 12.4. The fourth-order valence-corrected chi connectivity index (χ4v) is 3.59. The average Bonchev–Trinajstić information content (AvgIpc) is 2.87. The second-order valence-electron chi connectivity index (χ2n) is 8.06. The van der Waals surface area contributed by atoms with Crippen LogP contribution in [0.25, 0.3) is 0 Å². The van der Waals surface area contributed by atoms with Crippen LogP contribution in [0.15, 0.2) is 72.8 Å². The van der Waals surface area contributed by atoms with Crippen LogP contribution in [0, 0.1) is 0 Å². The van der Waals surface area contributed by atoms with Gasteiger partial charge in [-0.2, -0.15) is 0 Å². The quantitative estimate of drug-likeness (QED) is 0.278. The molecule has 0 spiro atoms. The number of aromatic carboxylic acids is 1. The summed E-state index contributed by atoms with van der Waals surface area (Å²) >= 11 is 0. The van der Waals surface area contributed by atoms with Crippen molar-refractivity contribution in [3.8, 4) is 5.75 Å². The lowest BCUT2D eigenvalue weighted by molar-refractivity contribution is 0.0697. The number of carbonyl (C=O) groups excluding carboxylic acids is 2. The van der Waals surface area contributed by atoms with Crippen molar-refractivity contribution in [3.05, 3.63) is 101 Å². The van der Waals surface area contributed by atoms with E-state index in [1.165, 1.54) is 23.8 Å². The Balaban J connectivity index is 1.36. The lowest BCUT2D eigenvalue weighted by atomic mass is 10.1. The third-order valence-corrected chi connectivity index (χ3v) is 5.44. The van der Waals surface area contributed by atoms with Crippen LogP contribution in [0.4, 0.5) is 0 Å². The number of carbonyl (C=O) groups is 3. The first-order valence-corrected chi connectivity index (χ1v) is 11.4. The second kappa shape index (κ2) is 12.9. The topological polar surface area (TPSA) is 92.7 Å². The summed E-state index contributed by atoms with van der Waals surface area (Å²) < 4.78 is 5.82. The van der Waals surface area contributed by atoms with E-state index in [2.05, 4.69) is 29.6 Å². The minimum atomic E-state index is -1.19. The number of rotatable bonds is 13. The molecule has 0 radical (unpaired) electrons. The van der Waals surface area contributed by atoms with Gasteiger partial charge in [0.25, 0.3) is 5.91 Å². The van der Waals surface area contributed by atoms with Gasteiger partial charge in [-0.05, 0) is 73.6 Å². The Labute approximate surface area is 199 Å². The molecule has 0 bridgehead atoms. The highest BCUT2D eigenvalue weighted by atomic mass is 16.5. The first kappa shape index (κ1) is 24.7. The zero-order valence-electron chi connectivity index (χ0n) is 19.0. The van der Waals surface area contributed by atoms with Crippen LogP contribution in [0.2, 0.25) is 0 Å². The van der Waals surface area contributed by atoms with Crippen molar-refractivity contribution < 1.29 is 24.2 Å². The van der Waals surface area contributed by atoms with Crippen LogP contribution in [0.5, 0.6) is 5.75 Å². The summed E-state index contributed by atoms with van der Waals surface area (Å²) in [5, 5.41) is 11.9. The normalized spacial score (nSPS) is 10.5. The predicted octanol–water partition coefficient (Wildman–Crippen LogP) is 4.96. The first-order valence-electron chi connectivity index (χ1n) is 11.4. The predicted molar refractivity (Wildman–Crippen MR) is 131 cm³/mol.